The number of rotatable bonds is 0. The molecule has 2 heterocycles. The van der Waals surface area contributed by atoms with Crippen LogP contribution < -0.4 is 5.73 Å². The first-order valence-corrected chi connectivity index (χ1v) is 4.68. The zero-order valence-electron chi connectivity index (χ0n) is 5.66. The van der Waals surface area contributed by atoms with Gasteiger partial charge in [-0.1, -0.05) is 11.6 Å². The molecule has 5 heteroatoms. The van der Waals surface area contributed by atoms with Gasteiger partial charge >= 0.3 is 0 Å². The third-order valence-electron chi connectivity index (χ3n) is 1.79. The fourth-order valence-corrected chi connectivity index (χ4v) is 2.53. The molecule has 3 nitrogen and oxygen atoms in total. The van der Waals surface area contributed by atoms with E-state index in [-0.39, 0.29) is 17.3 Å². The van der Waals surface area contributed by atoms with Crippen LogP contribution in [-0.2, 0) is 4.79 Å². The number of thioether (sulfide) groups is 1. The summed E-state index contributed by atoms with van der Waals surface area (Å²) in [6, 6.07) is -0.319. The number of carbonyl (C=O) groups is 1. The molecule has 0 aliphatic carbocycles. The minimum atomic E-state index is -0.319. The zero-order valence-corrected chi connectivity index (χ0v) is 7.23. The summed E-state index contributed by atoms with van der Waals surface area (Å²) in [5.74, 6) is 0.740. The van der Waals surface area contributed by atoms with E-state index in [1.165, 1.54) is 0 Å². The van der Waals surface area contributed by atoms with E-state index in [1.54, 1.807) is 22.9 Å². The molecule has 0 radical (unpaired) electrons. The van der Waals surface area contributed by atoms with Crippen molar-refractivity contribution in [2.24, 2.45) is 5.73 Å². The van der Waals surface area contributed by atoms with Gasteiger partial charge in [-0.2, -0.15) is 0 Å². The van der Waals surface area contributed by atoms with Crippen molar-refractivity contribution >= 4 is 29.3 Å². The van der Waals surface area contributed by atoms with Crippen molar-refractivity contribution in [2.75, 3.05) is 5.75 Å². The molecule has 60 valence electrons. The van der Waals surface area contributed by atoms with Gasteiger partial charge in [0.25, 0.3) is 0 Å². The number of hydrogen-bond donors (Lipinski definition) is 1. The highest BCUT2D eigenvalue weighted by atomic mass is 35.5. The van der Waals surface area contributed by atoms with Gasteiger partial charge in [0.2, 0.25) is 5.91 Å². The predicted octanol–water partition coefficient (Wildman–Crippen LogP) is 0.309. The van der Waals surface area contributed by atoms with E-state index in [9.17, 15) is 4.79 Å². The lowest BCUT2D eigenvalue weighted by atomic mass is 10.1. The Labute approximate surface area is 73.6 Å². The number of nitrogens with zero attached hydrogens (tertiary/aromatic N) is 1. The second kappa shape index (κ2) is 2.40. The number of halogens is 1. The molecule has 2 aliphatic rings. The summed E-state index contributed by atoms with van der Waals surface area (Å²) in [4.78, 5) is 12.6. The summed E-state index contributed by atoms with van der Waals surface area (Å²) in [6.07, 6.45) is 1.68. The molecule has 0 aromatic rings. The maximum atomic E-state index is 11.0. The van der Waals surface area contributed by atoms with E-state index >= 15 is 0 Å². The van der Waals surface area contributed by atoms with Gasteiger partial charge in [-0.3, -0.25) is 4.79 Å². The van der Waals surface area contributed by atoms with Gasteiger partial charge in [0.1, 0.15) is 11.4 Å². The smallest absolute Gasteiger partial charge is 0.247 e. The highest BCUT2D eigenvalue weighted by Gasteiger charge is 2.45. The molecule has 1 fully saturated rings. The molecule has 0 bridgehead atoms. The molecule has 1 unspecified atom stereocenters. The Hall–Kier alpha value is -0.190. The van der Waals surface area contributed by atoms with Gasteiger partial charge in [-0.05, 0) is 0 Å². The second-order valence-electron chi connectivity index (χ2n) is 2.55. The summed E-state index contributed by atoms with van der Waals surface area (Å²) in [5, 5.41) is 0.844. The third-order valence-corrected chi connectivity index (χ3v) is 3.52. The van der Waals surface area contributed by atoms with Crippen LogP contribution in [0.15, 0.2) is 11.2 Å². The van der Waals surface area contributed by atoms with Crippen LogP contribution in [-0.4, -0.2) is 28.0 Å². The van der Waals surface area contributed by atoms with E-state index in [1.807, 2.05) is 0 Å². The van der Waals surface area contributed by atoms with Crippen LogP contribution in [0.3, 0.4) is 0 Å². The average Bonchev–Trinajstić information content (AvgIpc) is 2.03. The molecule has 2 aliphatic heterocycles. The Kier molecular flexibility index (Phi) is 1.63. The lowest BCUT2D eigenvalue weighted by Crippen LogP contribution is -2.65. The summed E-state index contributed by atoms with van der Waals surface area (Å²) >= 11 is 7.34. The van der Waals surface area contributed by atoms with Crippen LogP contribution in [0.5, 0.6) is 0 Å². The first-order valence-electron chi connectivity index (χ1n) is 3.26. The van der Waals surface area contributed by atoms with E-state index in [0.717, 1.165) is 5.75 Å². The standard InChI is InChI=1S/C6H7ClN2OS/c7-3-1-9-5(10)4(8)6(9)11-2-3/h1,4,6H,2,8H2/t4?,6-/m1/s1. The van der Waals surface area contributed by atoms with Gasteiger partial charge in [0.05, 0.1) is 0 Å². The van der Waals surface area contributed by atoms with Crippen molar-refractivity contribution < 1.29 is 4.79 Å². The molecule has 2 rings (SSSR count). The molecule has 0 saturated carbocycles. The SMILES string of the molecule is NC1C(=O)N2C=C(Cl)CS[C@H]12. The summed E-state index contributed by atoms with van der Waals surface area (Å²) in [5.41, 5.74) is 5.54. The number of amides is 1. The molecular formula is C6H7ClN2OS. The Balaban J connectivity index is 2.20. The number of β-lactam (4-membered cyclic amide) rings is 1. The maximum absolute atomic E-state index is 11.0. The quantitative estimate of drug-likeness (QED) is 0.560. The highest BCUT2D eigenvalue weighted by Crippen LogP contribution is 2.35. The molecule has 1 amide bonds. The van der Waals surface area contributed by atoms with Gasteiger partial charge < -0.3 is 10.6 Å². The number of carbonyl (C=O) groups excluding carboxylic acids is 1. The van der Waals surface area contributed by atoms with Crippen LogP contribution >= 0.6 is 23.4 Å². The van der Waals surface area contributed by atoms with Crippen LogP contribution in [0.1, 0.15) is 0 Å². The predicted molar refractivity (Wildman–Crippen MR) is 45.0 cm³/mol. The summed E-state index contributed by atoms with van der Waals surface area (Å²) in [7, 11) is 0. The fraction of sp³-hybridized carbons (Fsp3) is 0.500. The van der Waals surface area contributed by atoms with Crippen LogP contribution in [0.4, 0.5) is 0 Å². The van der Waals surface area contributed by atoms with E-state index in [2.05, 4.69) is 0 Å². The minimum absolute atomic E-state index is 0.0275. The van der Waals surface area contributed by atoms with Crippen molar-refractivity contribution in [3.05, 3.63) is 11.2 Å². The van der Waals surface area contributed by atoms with Crippen LogP contribution in [0.2, 0.25) is 0 Å². The molecular weight excluding hydrogens is 184 g/mol. The molecule has 0 aromatic carbocycles. The van der Waals surface area contributed by atoms with Crippen LogP contribution in [0.25, 0.3) is 0 Å². The Morgan fingerprint density at radius 2 is 2.55 bits per heavy atom. The molecule has 0 aromatic heterocycles. The van der Waals surface area contributed by atoms with Crippen molar-refractivity contribution in [3.8, 4) is 0 Å². The first-order chi connectivity index (χ1) is 5.20. The average molecular weight is 191 g/mol. The number of nitrogens with two attached hydrogens (primary N) is 1. The molecule has 1 saturated heterocycles. The van der Waals surface area contributed by atoms with Gasteiger partial charge in [0, 0.05) is 17.0 Å². The molecule has 2 atom stereocenters. The third kappa shape index (κ3) is 0.972. The molecule has 11 heavy (non-hydrogen) atoms. The Morgan fingerprint density at radius 3 is 3.27 bits per heavy atom. The van der Waals surface area contributed by atoms with Crippen molar-refractivity contribution in [1.82, 2.24) is 4.90 Å². The minimum Gasteiger partial charge on any atom is -0.317 e. The maximum Gasteiger partial charge on any atom is 0.247 e. The fourth-order valence-electron chi connectivity index (χ4n) is 1.18. The molecule has 0 spiro atoms. The highest BCUT2D eigenvalue weighted by molar-refractivity contribution is 8.00. The van der Waals surface area contributed by atoms with Crippen LogP contribution in [0, 0.1) is 0 Å². The summed E-state index contributed by atoms with van der Waals surface area (Å²) in [6.45, 7) is 0. The van der Waals surface area contributed by atoms with Crippen molar-refractivity contribution in [1.29, 1.82) is 0 Å². The second-order valence-corrected chi connectivity index (χ2v) is 4.14. The van der Waals surface area contributed by atoms with E-state index in [4.69, 9.17) is 17.3 Å². The first kappa shape index (κ1) is 7.46. The summed E-state index contributed by atoms with van der Waals surface area (Å²) < 4.78 is 0. The Morgan fingerprint density at radius 1 is 1.82 bits per heavy atom. The Bertz CT molecular complexity index is 243. The monoisotopic (exact) mass is 190 g/mol. The lowest BCUT2D eigenvalue weighted by Gasteiger charge is -2.44. The number of fused-ring (bicyclic) bond motifs is 1. The van der Waals surface area contributed by atoms with Gasteiger partial charge in [-0.15, -0.1) is 11.8 Å². The van der Waals surface area contributed by atoms with E-state index in [0.29, 0.717) is 5.03 Å². The van der Waals surface area contributed by atoms with Crippen molar-refractivity contribution in [3.63, 3.8) is 0 Å². The lowest BCUT2D eigenvalue weighted by molar-refractivity contribution is -0.140. The topological polar surface area (TPSA) is 46.3 Å². The number of hydrogen-bond acceptors (Lipinski definition) is 3. The van der Waals surface area contributed by atoms with Crippen molar-refractivity contribution in [2.45, 2.75) is 11.4 Å². The zero-order chi connectivity index (χ0) is 8.01. The molecule has 2 N–H and O–H groups in total. The van der Waals surface area contributed by atoms with Gasteiger partial charge in [0.15, 0.2) is 0 Å². The van der Waals surface area contributed by atoms with Gasteiger partial charge in [-0.25, -0.2) is 0 Å². The van der Waals surface area contributed by atoms with E-state index < -0.39 is 0 Å². The normalized spacial score (nSPS) is 36.0. The largest absolute Gasteiger partial charge is 0.317 e.